The molecule has 0 saturated heterocycles. The molecule has 0 radical (unpaired) electrons. The molecule has 0 fully saturated rings. The largest absolute Gasteiger partial charge is 0.264 e. The fourth-order valence-corrected chi connectivity index (χ4v) is 10.2. The lowest BCUT2D eigenvalue weighted by atomic mass is 9.98. The predicted molar refractivity (Wildman–Crippen MR) is 210 cm³/mol. The Morgan fingerprint density at radius 1 is 0.392 bits per heavy atom. The topological polar surface area (TPSA) is 64.5 Å². The lowest BCUT2D eigenvalue weighted by molar-refractivity contribution is 1.07. The number of benzene rings is 5. The van der Waals surface area contributed by atoms with Gasteiger partial charge in [-0.25, -0.2) is 15.0 Å². The highest BCUT2D eigenvalue weighted by Gasteiger charge is 2.37. The van der Waals surface area contributed by atoms with Gasteiger partial charge < -0.3 is 0 Å². The third kappa shape index (κ3) is 5.65. The van der Waals surface area contributed by atoms with E-state index in [-0.39, 0.29) is 0 Å². The molecule has 4 heterocycles. The first-order valence-corrected chi connectivity index (χ1v) is 20.2. The molecule has 242 valence electrons. The molecular formula is C45H33N5Si. The van der Waals surface area contributed by atoms with Gasteiger partial charge in [-0.3, -0.25) is 9.97 Å². The van der Waals surface area contributed by atoms with E-state index in [1.54, 1.807) is 6.20 Å². The highest BCUT2D eigenvalue weighted by atomic mass is 28.3. The maximum atomic E-state index is 5.09. The Morgan fingerprint density at radius 2 is 0.882 bits per heavy atom. The fraction of sp³-hybridized carbons (Fsp3) is 0.0444. The van der Waals surface area contributed by atoms with E-state index < -0.39 is 8.07 Å². The SMILES string of the molecule is C[Si]1(C)c2ccc(-c3ccc(-c4cccnc4)nc3)cc2-c2cc(-c3nc(-c4ccccc4)nc(-c4ccc(-c5ccccc5)cc4)n3)ccc21. The van der Waals surface area contributed by atoms with Crippen molar-refractivity contribution >= 4 is 18.4 Å². The molecule has 5 aromatic carbocycles. The lowest BCUT2D eigenvalue weighted by Crippen LogP contribution is -2.49. The number of nitrogens with zero attached hydrogens (tertiary/aromatic N) is 5. The van der Waals surface area contributed by atoms with Crippen molar-refractivity contribution < 1.29 is 0 Å². The second-order valence-corrected chi connectivity index (χ2v) is 17.8. The number of hydrogen-bond donors (Lipinski definition) is 0. The summed E-state index contributed by atoms with van der Waals surface area (Å²) in [7, 11) is -1.92. The second-order valence-electron chi connectivity index (χ2n) is 13.4. The summed E-state index contributed by atoms with van der Waals surface area (Å²) >= 11 is 0. The Kier molecular flexibility index (Phi) is 7.52. The van der Waals surface area contributed by atoms with Crippen LogP contribution >= 0.6 is 0 Å². The van der Waals surface area contributed by atoms with Crippen LogP contribution in [-0.2, 0) is 0 Å². The van der Waals surface area contributed by atoms with Crippen LogP contribution in [0.5, 0.6) is 0 Å². The standard InChI is InChI=1S/C45H33N5Si/c1-51(2)41-23-20-34(36-19-22-40(47-29-36)37-14-9-25-46-28-37)26-38(41)39-27-35(21-24-42(39)51)45-49-43(32-12-7-4-8-13-32)48-44(50-45)33-17-15-31(16-18-33)30-10-5-3-6-11-30/h3-29H,1-2H3. The first-order valence-electron chi connectivity index (χ1n) is 17.2. The molecule has 5 nitrogen and oxygen atoms in total. The third-order valence-electron chi connectivity index (χ3n) is 9.91. The molecule has 3 aromatic heterocycles. The Hall–Kier alpha value is -6.37. The molecule has 1 aliphatic rings. The Balaban J connectivity index is 1.12. The summed E-state index contributed by atoms with van der Waals surface area (Å²) in [6.07, 6.45) is 5.59. The molecule has 51 heavy (non-hydrogen) atoms. The average Bonchev–Trinajstić information content (AvgIpc) is 3.43. The number of hydrogen-bond acceptors (Lipinski definition) is 5. The van der Waals surface area contributed by atoms with Crippen molar-refractivity contribution in [3.05, 3.63) is 164 Å². The molecular weight excluding hydrogens is 639 g/mol. The summed E-state index contributed by atoms with van der Waals surface area (Å²) in [4.78, 5) is 24.2. The molecule has 8 aromatic rings. The second kappa shape index (κ2) is 12.5. The van der Waals surface area contributed by atoms with E-state index in [2.05, 4.69) is 115 Å². The smallest absolute Gasteiger partial charge is 0.164 e. The fourth-order valence-electron chi connectivity index (χ4n) is 7.13. The van der Waals surface area contributed by atoms with Gasteiger partial charge in [-0.1, -0.05) is 128 Å². The number of fused-ring (bicyclic) bond motifs is 3. The number of aromatic nitrogens is 5. The minimum atomic E-state index is -1.92. The van der Waals surface area contributed by atoms with Crippen LogP contribution in [0.1, 0.15) is 0 Å². The highest BCUT2D eigenvalue weighted by Crippen LogP contribution is 2.35. The van der Waals surface area contributed by atoms with Crippen molar-refractivity contribution in [3.63, 3.8) is 0 Å². The van der Waals surface area contributed by atoms with Crippen molar-refractivity contribution in [2.75, 3.05) is 0 Å². The molecule has 0 spiro atoms. The maximum absolute atomic E-state index is 5.09. The quantitative estimate of drug-likeness (QED) is 0.165. The minimum absolute atomic E-state index is 0.651. The lowest BCUT2D eigenvalue weighted by Gasteiger charge is -2.19. The van der Waals surface area contributed by atoms with E-state index in [0.717, 1.165) is 44.6 Å². The monoisotopic (exact) mass is 671 g/mol. The predicted octanol–water partition coefficient (Wildman–Crippen LogP) is 9.47. The Labute approximate surface area is 298 Å². The van der Waals surface area contributed by atoms with Gasteiger partial charge in [0.15, 0.2) is 17.5 Å². The van der Waals surface area contributed by atoms with Crippen molar-refractivity contribution in [3.8, 4) is 78.8 Å². The molecule has 9 rings (SSSR count). The van der Waals surface area contributed by atoms with Gasteiger partial charge in [0, 0.05) is 46.4 Å². The van der Waals surface area contributed by atoms with Gasteiger partial charge in [-0.05, 0) is 68.5 Å². The minimum Gasteiger partial charge on any atom is -0.264 e. The Bertz CT molecular complexity index is 2520. The molecule has 0 aliphatic carbocycles. The maximum Gasteiger partial charge on any atom is 0.164 e. The van der Waals surface area contributed by atoms with E-state index in [4.69, 9.17) is 19.9 Å². The van der Waals surface area contributed by atoms with Crippen molar-refractivity contribution in [2.45, 2.75) is 13.1 Å². The van der Waals surface area contributed by atoms with Crippen LogP contribution in [0.4, 0.5) is 0 Å². The summed E-state index contributed by atoms with van der Waals surface area (Å²) in [6, 6.07) is 50.9. The Morgan fingerprint density at radius 3 is 1.49 bits per heavy atom. The molecule has 6 heteroatoms. The van der Waals surface area contributed by atoms with Crippen LogP contribution in [0.2, 0.25) is 13.1 Å². The van der Waals surface area contributed by atoms with E-state index in [1.165, 1.54) is 27.1 Å². The summed E-state index contributed by atoms with van der Waals surface area (Å²) in [5.41, 5.74) is 11.9. The van der Waals surface area contributed by atoms with Gasteiger partial charge in [0.05, 0.1) is 5.69 Å². The molecule has 0 unspecified atom stereocenters. The summed E-state index contributed by atoms with van der Waals surface area (Å²) in [6.45, 7) is 4.88. The summed E-state index contributed by atoms with van der Waals surface area (Å²) in [5.74, 6) is 1.97. The molecule has 0 saturated carbocycles. The van der Waals surface area contributed by atoms with E-state index in [1.807, 2.05) is 60.9 Å². The van der Waals surface area contributed by atoms with Crippen LogP contribution in [0, 0.1) is 0 Å². The average molecular weight is 672 g/mol. The van der Waals surface area contributed by atoms with Gasteiger partial charge in [0.2, 0.25) is 0 Å². The number of pyridine rings is 2. The van der Waals surface area contributed by atoms with Crippen molar-refractivity contribution in [1.29, 1.82) is 0 Å². The van der Waals surface area contributed by atoms with Gasteiger partial charge in [-0.2, -0.15) is 0 Å². The van der Waals surface area contributed by atoms with E-state index >= 15 is 0 Å². The molecule has 1 aliphatic heterocycles. The van der Waals surface area contributed by atoms with Crippen LogP contribution in [0.3, 0.4) is 0 Å². The zero-order chi connectivity index (χ0) is 34.4. The van der Waals surface area contributed by atoms with Gasteiger partial charge >= 0.3 is 0 Å². The van der Waals surface area contributed by atoms with Crippen LogP contribution < -0.4 is 10.4 Å². The normalized spacial score (nSPS) is 12.7. The molecule has 0 atom stereocenters. The zero-order valence-corrected chi connectivity index (χ0v) is 29.3. The van der Waals surface area contributed by atoms with E-state index in [0.29, 0.717) is 17.5 Å². The van der Waals surface area contributed by atoms with Crippen molar-refractivity contribution in [1.82, 2.24) is 24.9 Å². The van der Waals surface area contributed by atoms with Gasteiger partial charge in [0.25, 0.3) is 0 Å². The van der Waals surface area contributed by atoms with E-state index in [9.17, 15) is 0 Å². The van der Waals surface area contributed by atoms with Crippen molar-refractivity contribution in [2.24, 2.45) is 0 Å². The number of rotatable bonds is 6. The van der Waals surface area contributed by atoms with Crippen LogP contribution in [0.15, 0.2) is 164 Å². The van der Waals surface area contributed by atoms with Crippen LogP contribution in [0.25, 0.3) is 78.8 Å². The third-order valence-corrected chi connectivity index (χ3v) is 13.5. The van der Waals surface area contributed by atoms with Gasteiger partial charge in [-0.15, -0.1) is 0 Å². The molecule has 0 amide bonds. The first-order chi connectivity index (χ1) is 25.0. The van der Waals surface area contributed by atoms with Crippen LogP contribution in [-0.4, -0.2) is 33.0 Å². The highest BCUT2D eigenvalue weighted by molar-refractivity contribution is 7.03. The summed E-state index contributed by atoms with van der Waals surface area (Å²) in [5, 5.41) is 2.87. The first kappa shape index (κ1) is 30.7. The molecule has 0 bridgehead atoms. The summed E-state index contributed by atoms with van der Waals surface area (Å²) < 4.78 is 0. The van der Waals surface area contributed by atoms with Gasteiger partial charge in [0.1, 0.15) is 8.07 Å². The molecule has 0 N–H and O–H groups in total. The zero-order valence-electron chi connectivity index (χ0n) is 28.3.